The standard InChI is InChI=1S/C19H30N2O2/c1-20(2)9-4-10-23-18-6-3-5-15(11-18)12-21-13-16-7-8-17(14-21)19(16)22/h3,5-6,11,16-17,19,22H,4,7-10,12-14H2,1-2H3. The first-order valence-corrected chi connectivity index (χ1v) is 8.88. The van der Waals surface area contributed by atoms with Crippen LogP contribution in [-0.2, 0) is 6.54 Å². The molecule has 0 amide bonds. The van der Waals surface area contributed by atoms with Gasteiger partial charge in [-0.1, -0.05) is 12.1 Å². The van der Waals surface area contributed by atoms with Crippen LogP contribution in [0.25, 0.3) is 0 Å². The number of nitrogens with zero attached hydrogens (tertiary/aromatic N) is 2. The molecule has 0 aromatic heterocycles. The molecule has 3 rings (SSSR count). The number of fused-ring (bicyclic) bond motifs is 2. The van der Waals surface area contributed by atoms with Crippen molar-refractivity contribution in [3.8, 4) is 5.75 Å². The second-order valence-corrected chi connectivity index (χ2v) is 7.43. The van der Waals surface area contributed by atoms with Crippen LogP contribution >= 0.6 is 0 Å². The van der Waals surface area contributed by atoms with Crippen LogP contribution in [0.1, 0.15) is 24.8 Å². The van der Waals surface area contributed by atoms with Gasteiger partial charge in [0.15, 0.2) is 0 Å². The molecule has 2 aliphatic rings. The van der Waals surface area contributed by atoms with Gasteiger partial charge in [-0.2, -0.15) is 0 Å². The van der Waals surface area contributed by atoms with Crippen LogP contribution in [0.3, 0.4) is 0 Å². The molecule has 23 heavy (non-hydrogen) atoms. The van der Waals surface area contributed by atoms with E-state index < -0.39 is 0 Å². The smallest absolute Gasteiger partial charge is 0.119 e. The van der Waals surface area contributed by atoms with Gasteiger partial charge >= 0.3 is 0 Å². The summed E-state index contributed by atoms with van der Waals surface area (Å²) in [5, 5.41) is 10.1. The van der Waals surface area contributed by atoms with E-state index in [-0.39, 0.29) is 6.10 Å². The van der Waals surface area contributed by atoms with Crippen molar-refractivity contribution in [2.75, 3.05) is 40.3 Å². The summed E-state index contributed by atoms with van der Waals surface area (Å²) in [6.07, 6.45) is 3.37. The minimum Gasteiger partial charge on any atom is -0.494 e. The summed E-state index contributed by atoms with van der Waals surface area (Å²) in [7, 11) is 4.17. The van der Waals surface area contributed by atoms with Gasteiger partial charge in [0.1, 0.15) is 5.75 Å². The summed E-state index contributed by atoms with van der Waals surface area (Å²) in [6.45, 7) is 4.85. The summed E-state index contributed by atoms with van der Waals surface area (Å²) in [6, 6.07) is 8.48. The van der Waals surface area contributed by atoms with Gasteiger partial charge in [0.05, 0.1) is 12.7 Å². The van der Waals surface area contributed by atoms with Gasteiger partial charge in [-0.15, -0.1) is 0 Å². The van der Waals surface area contributed by atoms with Crippen LogP contribution in [-0.4, -0.2) is 61.3 Å². The number of hydrogen-bond donors (Lipinski definition) is 1. The Labute approximate surface area is 140 Å². The van der Waals surface area contributed by atoms with Gasteiger partial charge in [-0.25, -0.2) is 0 Å². The normalized spacial score (nSPS) is 27.6. The largest absolute Gasteiger partial charge is 0.494 e. The highest BCUT2D eigenvalue weighted by molar-refractivity contribution is 5.28. The van der Waals surface area contributed by atoms with E-state index >= 15 is 0 Å². The van der Waals surface area contributed by atoms with Gasteiger partial charge in [0.25, 0.3) is 0 Å². The summed E-state index contributed by atoms with van der Waals surface area (Å²) in [4.78, 5) is 4.68. The number of aliphatic hydroxyl groups excluding tert-OH is 1. The average Bonchev–Trinajstić information content (AvgIpc) is 2.74. The van der Waals surface area contributed by atoms with Crippen molar-refractivity contribution >= 4 is 0 Å². The molecule has 1 saturated heterocycles. The molecule has 2 bridgehead atoms. The Bertz CT molecular complexity index is 492. The molecule has 2 atom stereocenters. The molecule has 4 nitrogen and oxygen atoms in total. The molecule has 1 aromatic carbocycles. The van der Waals surface area contributed by atoms with E-state index in [2.05, 4.69) is 42.1 Å². The predicted octanol–water partition coefficient (Wildman–Crippen LogP) is 2.22. The van der Waals surface area contributed by atoms with E-state index in [4.69, 9.17) is 4.74 Å². The second kappa shape index (κ2) is 7.65. The van der Waals surface area contributed by atoms with Crippen molar-refractivity contribution in [3.05, 3.63) is 29.8 Å². The van der Waals surface area contributed by atoms with Gasteiger partial charge in [0.2, 0.25) is 0 Å². The summed E-state index contributed by atoms with van der Waals surface area (Å²) in [5.74, 6) is 1.94. The highest BCUT2D eigenvalue weighted by atomic mass is 16.5. The number of benzene rings is 1. The molecule has 2 unspecified atom stereocenters. The fourth-order valence-electron chi connectivity index (χ4n) is 3.98. The quantitative estimate of drug-likeness (QED) is 0.782. The van der Waals surface area contributed by atoms with Crippen molar-refractivity contribution in [1.29, 1.82) is 0 Å². The van der Waals surface area contributed by atoms with E-state index in [1.54, 1.807) is 0 Å². The molecule has 1 heterocycles. The summed E-state index contributed by atoms with van der Waals surface area (Å²) >= 11 is 0. The Balaban J connectivity index is 1.50. The van der Waals surface area contributed by atoms with E-state index in [1.165, 1.54) is 18.4 Å². The zero-order valence-corrected chi connectivity index (χ0v) is 14.4. The minimum absolute atomic E-state index is 0.0578. The maximum absolute atomic E-state index is 10.1. The maximum atomic E-state index is 10.1. The van der Waals surface area contributed by atoms with E-state index in [0.29, 0.717) is 11.8 Å². The highest BCUT2D eigenvalue weighted by Crippen LogP contribution is 2.37. The van der Waals surface area contributed by atoms with E-state index in [0.717, 1.165) is 45.0 Å². The lowest BCUT2D eigenvalue weighted by atomic mass is 9.95. The highest BCUT2D eigenvalue weighted by Gasteiger charge is 2.40. The number of rotatable bonds is 7. The first kappa shape index (κ1) is 16.7. The molecule has 0 spiro atoms. The van der Waals surface area contributed by atoms with Crippen molar-refractivity contribution in [3.63, 3.8) is 0 Å². The third-order valence-corrected chi connectivity index (χ3v) is 5.18. The van der Waals surface area contributed by atoms with Crippen molar-refractivity contribution in [2.45, 2.75) is 31.9 Å². The van der Waals surface area contributed by atoms with Crippen LogP contribution in [0.4, 0.5) is 0 Å². The third-order valence-electron chi connectivity index (χ3n) is 5.18. The molecule has 1 N–H and O–H groups in total. The van der Waals surface area contributed by atoms with Crippen LogP contribution in [0, 0.1) is 11.8 Å². The minimum atomic E-state index is -0.0578. The fraction of sp³-hybridized carbons (Fsp3) is 0.684. The number of piperidine rings is 1. The van der Waals surface area contributed by atoms with Crippen molar-refractivity contribution < 1.29 is 9.84 Å². The van der Waals surface area contributed by atoms with Crippen molar-refractivity contribution in [1.82, 2.24) is 9.80 Å². The third kappa shape index (κ3) is 4.46. The summed E-state index contributed by atoms with van der Waals surface area (Å²) in [5.41, 5.74) is 1.31. The van der Waals surface area contributed by atoms with E-state index in [9.17, 15) is 5.11 Å². The lowest BCUT2D eigenvalue weighted by molar-refractivity contribution is 0.0138. The number of aliphatic hydroxyl groups is 1. The molecule has 1 aliphatic heterocycles. The van der Waals surface area contributed by atoms with E-state index in [1.807, 2.05) is 6.07 Å². The molecule has 2 fully saturated rings. The zero-order chi connectivity index (χ0) is 16.2. The molecule has 0 radical (unpaired) electrons. The van der Waals surface area contributed by atoms with Gasteiger partial charge in [-0.3, -0.25) is 4.90 Å². The molecule has 1 aliphatic carbocycles. The van der Waals surface area contributed by atoms with Crippen LogP contribution < -0.4 is 4.74 Å². The Kier molecular flexibility index (Phi) is 5.57. The van der Waals surface area contributed by atoms with Crippen LogP contribution in [0.15, 0.2) is 24.3 Å². The van der Waals surface area contributed by atoms with Gasteiger partial charge in [-0.05, 0) is 62.9 Å². The van der Waals surface area contributed by atoms with Gasteiger partial charge < -0.3 is 14.7 Å². The molecule has 128 valence electrons. The number of hydrogen-bond acceptors (Lipinski definition) is 4. The molecular weight excluding hydrogens is 288 g/mol. The SMILES string of the molecule is CN(C)CCCOc1cccc(CN2CC3CCC(C2)C3O)c1. The zero-order valence-electron chi connectivity index (χ0n) is 14.4. The Hall–Kier alpha value is -1.10. The lowest BCUT2D eigenvalue weighted by Gasteiger charge is -2.35. The van der Waals surface area contributed by atoms with Crippen LogP contribution in [0.2, 0.25) is 0 Å². The Morgan fingerprint density at radius 3 is 2.65 bits per heavy atom. The molecule has 1 aromatic rings. The Morgan fingerprint density at radius 2 is 1.96 bits per heavy atom. The predicted molar refractivity (Wildman–Crippen MR) is 92.6 cm³/mol. The summed E-state index contributed by atoms with van der Waals surface area (Å²) < 4.78 is 5.87. The molecule has 1 saturated carbocycles. The number of likely N-dealkylation sites (tertiary alicyclic amines) is 1. The first-order chi connectivity index (χ1) is 11.1. The van der Waals surface area contributed by atoms with Crippen LogP contribution in [0.5, 0.6) is 5.75 Å². The molecule has 4 heteroatoms. The average molecular weight is 318 g/mol. The topological polar surface area (TPSA) is 35.9 Å². The second-order valence-electron chi connectivity index (χ2n) is 7.43. The lowest BCUT2D eigenvalue weighted by Crippen LogP contribution is -2.44. The van der Waals surface area contributed by atoms with Crippen molar-refractivity contribution in [2.24, 2.45) is 11.8 Å². The maximum Gasteiger partial charge on any atom is 0.119 e. The van der Waals surface area contributed by atoms with Gasteiger partial charge in [0, 0.05) is 26.2 Å². The Morgan fingerprint density at radius 1 is 1.22 bits per heavy atom. The first-order valence-electron chi connectivity index (χ1n) is 8.88. The number of ether oxygens (including phenoxy) is 1. The fourth-order valence-corrected chi connectivity index (χ4v) is 3.98. The monoisotopic (exact) mass is 318 g/mol. The molecular formula is C19H30N2O2.